The summed E-state index contributed by atoms with van der Waals surface area (Å²) in [5.41, 5.74) is 0. The Morgan fingerprint density at radius 2 is 1.32 bits per heavy atom. The summed E-state index contributed by atoms with van der Waals surface area (Å²) in [6.45, 7) is -2.77. The number of phosphoric acid groups is 1. The molecule has 0 aliphatic rings. The molecule has 0 fully saturated rings. The molecule has 0 aliphatic heterocycles. The van der Waals surface area contributed by atoms with Crippen LogP contribution in [0.3, 0.4) is 0 Å². The Morgan fingerprint density at radius 1 is 0.893 bits per heavy atom. The van der Waals surface area contributed by atoms with Crippen molar-refractivity contribution in [2.75, 3.05) is 26.7 Å². The first-order valence-corrected chi connectivity index (χ1v) is 8.04. The summed E-state index contributed by atoms with van der Waals surface area (Å²) in [7, 11) is -4.34. The number of halogens is 11. The van der Waals surface area contributed by atoms with Crippen LogP contribution in [0.1, 0.15) is 6.42 Å². The quantitative estimate of drug-likeness (QED) is 0.378. The summed E-state index contributed by atoms with van der Waals surface area (Å²) in [6.07, 6.45) is -9.51. The van der Waals surface area contributed by atoms with Gasteiger partial charge in [-0.2, -0.15) is 48.3 Å². The van der Waals surface area contributed by atoms with E-state index in [4.69, 9.17) is 4.89 Å². The summed E-state index contributed by atoms with van der Waals surface area (Å²) >= 11 is 0. The average molecular weight is 468 g/mol. The summed E-state index contributed by atoms with van der Waals surface area (Å²) in [6, 6.07) is 0. The zero-order chi connectivity index (χ0) is 22.1. The van der Waals surface area contributed by atoms with Crippen molar-refractivity contribution in [3.05, 3.63) is 0 Å². The van der Waals surface area contributed by atoms with E-state index in [0.29, 0.717) is 4.90 Å². The van der Waals surface area contributed by atoms with Gasteiger partial charge in [0.2, 0.25) is 0 Å². The molecule has 0 saturated heterocycles. The first-order chi connectivity index (χ1) is 11.6. The molecule has 28 heavy (non-hydrogen) atoms. The second-order valence-corrected chi connectivity index (χ2v) is 6.48. The van der Waals surface area contributed by atoms with Crippen LogP contribution in [0.25, 0.3) is 0 Å². The topological polar surface area (TPSA) is 109 Å². The molecule has 0 aromatic carbocycles. The average Bonchev–Trinajstić information content (AvgIpc) is 2.42. The predicted molar refractivity (Wildman–Crippen MR) is 69.7 cm³/mol. The van der Waals surface area contributed by atoms with Crippen LogP contribution in [-0.2, 0) is 9.09 Å². The maximum Gasteiger partial charge on any atom is 0.460 e. The Kier molecular flexibility index (Phi) is 9.42. The smallest absolute Gasteiger partial charge is 0.460 e. The number of quaternary nitrogens is 1. The third-order valence-corrected chi connectivity index (χ3v) is 3.65. The zero-order valence-electron chi connectivity index (χ0n) is 14.1. The van der Waals surface area contributed by atoms with Crippen molar-refractivity contribution in [2.24, 2.45) is 0 Å². The highest BCUT2D eigenvalue weighted by Crippen LogP contribution is 2.57. The second-order valence-electron chi connectivity index (χ2n) is 5.28. The molecule has 0 aromatic heterocycles. The molecule has 0 bridgehead atoms. The van der Waals surface area contributed by atoms with Gasteiger partial charge in [0.25, 0.3) is 7.82 Å². The van der Waals surface area contributed by atoms with Crippen molar-refractivity contribution in [1.82, 2.24) is 11.1 Å². The van der Waals surface area contributed by atoms with E-state index in [1.807, 2.05) is 0 Å². The Hall–Kier alpha value is -0.740. The molecule has 0 heterocycles. The highest BCUT2D eigenvalue weighted by atomic mass is 31.2. The lowest BCUT2D eigenvalue weighted by atomic mass is 9.96. The van der Waals surface area contributed by atoms with E-state index in [1.165, 1.54) is 0 Å². The van der Waals surface area contributed by atoms with Crippen LogP contribution in [0.5, 0.6) is 0 Å². The van der Waals surface area contributed by atoms with Crippen molar-refractivity contribution < 1.29 is 67.2 Å². The molecule has 0 aromatic rings. The largest absolute Gasteiger partial charge is 0.756 e. The third-order valence-electron chi connectivity index (χ3n) is 3.14. The Balaban J connectivity index is 0. The van der Waals surface area contributed by atoms with E-state index in [9.17, 15) is 57.8 Å². The van der Waals surface area contributed by atoms with Crippen molar-refractivity contribution in [3.63, 3.8) is 0 Å². The first kappa shape index (κ1) is 29.5. The summed E-state index contributed by atoms with van der Waals surface area (Å²) in [4.78, 5) is 19.0. The van der Waals surface area contributed by atoms with E-state index >= 15 is 0 Å². The van der Waals surface area contributed by atoms with Crippen LogP contribution < -0.4 is 11.0 Å². The molecule has 5 N–H and O–H groups in total. The molecule has 0 rings (SSSR count). The lowest BCUT2D eigenvalue weighted by Gasteiger charge is -2.37. The van der Waals surface area contributed by atoms with Gasteiger partial charge in [-0.25, -0.2) is 0 Å². The maximum absolute atomic E-state index is 13.4. The van der Waals surface area contributed by atoms with E-state index in [1.54, 1.807) is 0 Å². The normalized spacial score (nSPS) is 16.7. The third kappa shape index (κ3) is 6.38. The SMILES string of the molecule is CN(CCOP(=O)([O-])O)CCC(F)(F)C(F)(F)C(F)(F)C(F)(F)C(F)(F)F.[NH4+]. The Bertz CT molecular complexity index is 552. The number of alkyl halides is 11. The molecule has 172 valence electrons. The molecule has 0 aliphatic carbocycles. The Labute approximate surface area is 150 Å². The van der Waals surface area contributed by atoms with Crippen molar-refractivity contribution in [3.8, 4) is 0 Å². The minimum atomic E-state index is -7.46. The highest BCUT2D eigenvalue weighted by molar-refractivity contribution is 7.44. The summed E-state index contributed by atoms with van der Waals surface area (Å²) < 4.78 is 154. The molecule has 0 spiro atoms. The van der Waals surface area contributed by atoms with Crippen LogP contribution in [0.4, 0.5) is 48.3 Å². The molecule has 1 atom stereocenters. The fourth-order valence-electron chi connectivity index (χ4n) is 1.52. The molecule has 1 unspecified atom stereocenters. The van der Waals surface area contributed by atoms with Crippen LogP contribution in [-0.4, -0.2) is 66.4 Å². The number of hydrogen-bond acceptors (Lipinski definition) is 4. The van der Waals surface area contributed by atoms with E-state index in [0.717, 1.165) is 7.05 Å². The van der Waals surface area contributed by atoms with Crippen LogP contribution in [0.2, 0.25) is 0 Å². The zero-order valence-corrected chi connectivity index (χ0v) is 14.9. The van der Waals surface area contributed by atoms with E-state index in [-0.39, 0.29) is 6.15 Å². The fraction of sp³-hybridized carbons (Fsp3) is 1.00. The number of hydrogen-bond donors (Lipinski definition) is 2. The van der Waals surface area contributed by atoms with Crippen LogP contribution >= 0.6 is 7.82 Å². The molecule has 6 nitrogen and oxygen atoms in total. The van der Waals surface area contributed by atoms with Crippen LogP contribution in [0, 0.1) is 0 Å². The monoisotopic (exact) mass is 468 g/mol. The van der Waals surface area contributed by atoms with E-state index in [2.05, 4.69) is 4.52 Å². The number of phosphoric ester groups is 1. The fourth-order valence-corrected chi connectivity index (χ4v) is 1.83. The molecule has 0 amide bonds. The van der Waals surface area contributed by atoms with Crippen LogP contribution in [0.15, 0.2) is 0 Å². The molecular weight excluding hydrogens is 452 g/mol. The van der Waals surface area contributed by atoms with Gasteiger partial charge in [0.1, 0.15) is 0 Å². The maximum atomic E-state index is 13.4. The van der Waals surface area contributed by atoms with E-state index < -0.39 is 63.8 Å². The van der Waals surface area contributed by atoms with Gasteiger partial charge in [-0.1, -0.05) is 0 Å². The first-order valence-electron chi connectivity index (χ1n) is 6.55. The van der Waals surface area contributed by atoms with Gasteiger partial charge in [0.05, 0.1) is 6.61 Å². The van der Waals surface area contributed by atoms with Gasteiger partial charge in [0, 0.05) is 19.5 Å². The Morgan fingerprint density at radius 3 is 1.68 bits per heavy atom. The van der Waals surface area contributed by atoms with Gasteiger partial charge in [0.15, 0.2) is 0 Å². The highest BCUT2D eigenvalue weighted by Gasteiger charge is 2.86. The van der Waals surface area contributed by atoms with Gasteiger partial charge in [-0.3, -0.25) is 4.57 Å². The molecular formula is C10H16F11N2O4P. The lowest BCUT2D eigenvalue weighted by Crippen LogP contribution is -2.66. The summed E-state index contributed by atoms with van der Waals surface area (Å²) in [5.74, 6) is -28.0. The number of likely N-dealkylation sites (N-methyl/N-ethyl adjacent to an activating group) is 1. The van der Waals surface area contributed by atoms with Gasteiger partial charge in [-0.15, -0.1) is 0 Å². The number of rotatable bonds is 10. The minimum Gasteiger partial charge on any atom is -0.756 e. The van der Waals surface area contributed by atoms with Gasteiger partial charge in [-0.05, 0) is 7.05 Å². The standard InChI is InChI=1S/C10H13F11NO4P.H3N/c1-22(4-5-26-27(23,24)25)3-2-6(11,12)7(13,14)8(15,16)9(17,18)10(19,20)21;/h2-5H2,1H3,(H2,23,24,25);1H3. The summed E-state index contributed by atoms with van der Waals surface area (Å²) in [5, 5.41) is 0. The van der Waals surface area contributed by atoms with Gasteiger partial charge >= 0.3 is 29.9 Å². The van der Waals surface area contributed by atoms with Gasteiger partial charge < -0.3 is 25.4 Å². The predicted octanol–water partition coefficient (Wildman–Crippen LogP) is 3.27. The van der Waals surface area contributed by atoms with Crippen molar-refractivity contribution in [2.45, 2.75) is 36.3 Å². The van der Waals surface area contributed by atoms with Crippen molar-refractivity contribution in [1.29, 1.82) is 0 Å². The molecule has 18 heteroatoms. The van der Waals surface area contributed by atoms with Crippen molar-refractivity contribution >= 4 is 7.82 Å². The second kappa shape index (κ2) is 8.95. The minimum absolute atomic E-state index is 0. The lowest BCUT2D eigenvalue weighted by molar-refractivity contribution is -0.422. The number of nitrogens with zero attached hydrogens (tertiary/aromatic N) is 1. The molecule has 0 radical (unpaired) electrons. The molecule has 0 saturated carbocycles.